The first-order valence-electron chi connectivity index (χ1n) is 22.0. The first-order valence-corrected chi connectivity index (χ1v) is 22.0. The molecule has 5 aromatic heterocycles. The Morgan fingerprint density at radius 3 is 1.95 bits per heavy atom. The molecule has 9 rings (SSSR count). The standard InChI is InChI=1S/C36H34N2.C22H21N2O.Ir/c1-25-8-15-32(16-9-25)36-21-27(3)34(24-38-36)19-14-31-7-5-6-30(22-31)11-10-29-12-17-33(18-13-29)35-20-26(2)28(4)23-37-35;1-14-8-9-17-16-6-5-7-18(20(16)25-21(17)24-14)19-12-15(10-11-23-19)13-22(2,3)4;/h5-9,12-13,15,17,20-24H,10-11,14,19H2,1-4H3;5-6,8-12H,13H2,1-4H3;/q-2;-1;+3. The number of benzene rings is 4. The van der Waals surface area contributed by atoms with Gasteiger partial charge in [-0.25, -0.2) is 4.98 Å². The van der Waals surface area contributed by atoms with Crippen molar-refractivity contribution in [1.82, 2.24) is 19.9 Å². The molecule has 64 heavy (non-hydrogen) atoms. The zero-order chi connectivity index (χ0) is 44.1. The molecule has 0 bridgehead atoms. The van der Waals surface area contributed by atoms with E-state index >= 15 is 0 Å². The Labute approximate surface area is 392 Å². The zero-order valence-corrected chi connectivity index (χ0v) is 40.6. The number of rotatable bonds is 10. The first kappa shape index (κ1) is 45.9. The zero-order valence-electron chi connectivity index (χ0n) is 38.2. The molecular formula is C58H55IrN4O. The molecule has 0 saturated carbocycles. The Morgan fingerprint density at radius 2 is 1.27 bits per heavy atom. The summed E-state index contributed by atoms with van der Waals surface area (Å²) < 4.78 is 6.08. The third-order valence-electron chi connectivity index (χ3n) is 11.6. The third-order valence-corrected chi connectivity index (χ3v) is 11.6. The summed E-state index contributed by atoms with van der Waals surface area (Å²) in [4.78, 5) is 18.4. The van der Waals surface area contributed by atoms with Crippen molar-refractivity contribution >= 4 is 22.1 Å². The summed E-state index contributed by atoms with van der Waals surface area (Å²) in [6, 6.07) is 48.4. The average molecular weight is 1020 g/mol. The number of pyridine rings is 4. The minimum atomic E-state index is 0. The van der Waals surface area contributed by atoms with Crippen molar-refractivity contribution in [2.24, 2.45) is 5.41 Å². The smallest absolute Gasteiger partial charge is 0.486 e. The average Bonchev–Trinajstić information content (AvgIpc) is 3.64. The van der Waals surface area contributed by atoms with Crippen molar-refractivity contribution in [1.29, 1.82) is 0 Å². The number of nitrogens with zero attached hydrogens (tertiary/aromatic N) is 4. The largest absolute Gasteiger partial charge is 3.00 e. The van der Waals surface area contributed by atoms with Crippen molar-refractivity contribution in [3.63, 3.8) is 0 Å². The summed E-state index contributed by atoms with van der Waals surface area (Å²) in [5.74, 6) is 0. The van der Waals surface area contributed by atoms with Crippen LogP contribution in [0.5, 0.6) is 0 Å². The molecule has 0 fully saturated rings. The van der Waals surface area contributed by atoms with E-state index in [0.29, 0.717) is 5.71 Å². The fourth-order valence-corrected chi connectivity index (χ4v) is 7.95. The third kappa shape index (κ3) is 11.4. The number of aromatic nitrogens is 4. The molecule has 322 valence electrons. The van der Waals surface area contributed by atoms with Crippen LogP contribution >= 0.6 is 0 Å². The van der Waals surface area contributed by atoms with Crippen LogP contribution < -0.4 is 0 Å². The van der Waals surface area contributed by atoms with Crippen LogP contribution in [-0.4, -0.2) is 19.9 Å². The SMILES string of the molecule is Cc1c[c-]c(-c2cc(C)c(CCc3cccc(CCc4c[c-]c(-c5cc(C)c(C)cn5)cc4)c3)cn2)cc1.Cc1ccc2c(n1)oc1c(-c3cc(CC(C)(C)C)ccn3)[c-]ccc12.[Ir+3]. The Kier molecular flexibility index (Phi) is 14.5. The molecule has 0 N–H and O–H groups in total. The molecule has 0 aliphatic rings. The maximum Gasteiger partial charge on any atom is 3.00 e. The minimum absolute atomic E-state index is 0. The van der Waals surface area contributed by atoms with E-state index < -0.39 is 0 Å². The van der Waals surface area contributed by atoms with Gasteiger partial charge in [-0.15, -0.1) is 89.0 Å². The molecule has 0 unspecified atom stereocenters. The molecule has 0 spiro atoms. The van der Waals surface area contributed by atoms with E-state index in [1.54, 1.807) is 0 Å². The Morgan fingerprint density at radius 1 is 0.562 bits per heavy atom. The summed E-state index contributed by atoms with van der Waals surface area (Å²) in [5.41, 5.74) is 20.1. The van der Waals surface area contributed by atoms with Gasteiger partial charge in [-0.2, -0.15) is 0 Å². The summed E-state index contributed by atoms with van der Waals surface area (Å²) in [7, 11) is 0. The molecule has 0 atom stereocenters. The maximum absolute atomic E-state index is 6.08. The van der Waals surface area contributed by atoms with E-state index in [1.807, 2.05) is 49.8 Å². The molecule has 4 aromatic carbocycles. The van der Waals surface area contributed by atoms with Crippen LogP contribution in [0, 0.1) is 58.2 Å². The predicted molar refractivity (Wildman–Crippen MR) is 259 cm³/mol. The maximum atomic E-state index is 6.08. The summed E-state index contributed by atoms with van der Waals surface area (Å²) in [6.45, 7) is 17.2. The van der Waals surface area contributed by atoms with Crippen LogP contribution in [0.4, 0.5) is 0 Å². The van der Waals surface area contributed by atoms with Gasteiger partial charge in [-0.05, 0) is 116 Å². The Balaban J connectivity index is 0.000000204. The second kappa shape index (κ2) is 20.2. The van der Waals surface area contributed by atoms with E-state index in [-0.39, 0.29) is 25.5 Å². The van der Waals surface area contributed by atoms with Crippen LogP contribution in [0.3, 0.4) is 0 Å². The van der Waals surface area contributed by atoms with Crippen molar-refractivity contribution in [3.8, 4) is 33.8 Å². The van der Waals surface area contributed by atoms with Crippen LogP contribution in [0.15, 0.2) is 132 Å². The Hall–Kier alpha value is -6.07. The minimum Gasteiger partial charge on any atom is -0.486 e. The fourth-order valence-electron chi connectivity index (χ4n) is 7.95. The van der Waals surface area contributed by atoms with Crippen molar-refractivity contribution in [2.45, 2.75) is 87.5 Å². The quantitative estimate of drug-likeness (QED) is 0.128. The van der Waals surface area contributed by atoms with Gasteiger partial charge in [0.1, 0.15) is 0 Å². The van der Waals surface area contributed by atoms with E-state index in [2.05, 4.69) is 167 Å². The van der Waals surface area contributed by atoms with Crippen LogP contribution in [0.2, 0.25) is 0 Å². The van der Waals surface area contributed by atoms with Crippen molar-refractivity contribution < 1.29 is 24.5 Å². The van der Waals surface area contributed by atoms with Gasteiger partial charge in [-0.3, -0.25) is 0 Å². The second-order valence-electron chi connectivity index (χ2n) is 18.1. The van der Waals surface area contributed by atoms with E-state index in [0.717, 1.165) is 87.9 Å². The second-order valence-corrected chi connectivity index (χ2v) is 18.1. The molecule has 0 saturated heterocycles. The van der Waals surface area contributed by atoms with Crippen molar-refractivity contribution in [2.75, 3.05) is 0 Å². The molecule has 0 aliphatic carbocycles. The van der Waals surface area contributed by atoms with Gasteiger partial charge in [0, 0.05) is 29.7 Å². The number of aryl methyl sites for hydroxylation is 9. The predicted octanol–water partition coefficient (Wildman–Crippen LogP) is 14.0. The van der Waals surface area contributed by atoms with Gasteiger partial charge >= 0.3 is 20.1 Å². The molecular weight excluding hydrogens is 961 g/mol. The summed E-state index contributed by atoms with van der Waals surface area (Å²) in [5, 5.41) is 2.08. The van der Waals surface area contributed by atoms with Gasteiger partial charge in [0.2, 0.25) is 5.71 Å². The van der Waals surface area contributed by atoms with Gasteiger partial charge in [0.25, 0.3) is 0 Å². The first-order chi connectivity index (χ1) is 30.3. The Bertz CT molecular complexity index is 3010. The molecule has 5 nitrogen and oxygen atoms in total. The van der Waals surface area contributed by atoms with Gasteiger partial charge < -0.3 is 19.4 Å². The van der Waals surface area contributed by atoms with Gasteiger partial charge in [0.15, 0.2) is 0 Å². The fraction of sp³-hybridized carbons (Fsp3) is 0.241. The monoisotopic (exact) mass is 1020 g/mol. The summed E-state index contributed by atoms with van der Waals surface area (Å²) in [6.07, 6.45) is 10.9. The molecule has 0 amide bonds. The molecule has 6 heteroatoms. The van der Waals surface area contributed by atoms with Crippen LogP contribution in [0.1, 0.15) is 76.5 Å². The summed E-state index contributed by atoms with van der Waals surface area (Å²) >= 11 is 0. The van der Waals surface area contributed by atoms with E-state index in [9.17, 15) is 0 Å². The molecule has 0 aliphatic heterocycles. The van der Waals surface area contributed by atoms with Crippen LogP contribution in [-0.2, 0) is 52.2 Å². The molecule has 0 radical (unpaired) electrons. The van der Waals surface area contributed by atoms with Crippen LogP contribution in [0.25, 0.3) is 55.8 Å². The van der Waals surface area contributed by atoms with E-state index in [4.69, 9.17) is 9.40 Å². The number of hydrogen-bond donors (Lipinski definition) is 0. The van der Waals surface area contributed by atoms with Gasteiger partial charge in [0.05, 0.1) is 5.58 Å². The van der Waals surface area contributed by atoms with Gasteiger partial charge in [-0.1, -0.05) is 104 Å². The van der Waals surface area contributed by atoms with Crippen molar-refractivity contribution in [3.05, 3.63) is 202 Å². The topological polar surface area (TPSA) is 64.7 Å². The normalized spacial score (nSPS) is 11.3. The molecule has 9 aromatic rings. The number of furan rings is 1. The molecule has 5 heterocycles. The van der Waals surface area contributed by atoms with E-state index in [1.165, 1.54) is 50.1 Å². The number of hydrogen-bond acceptors (Lipinski definition) is 5. The number of fused-ring (bicyclic) bond motifs is 3.